The first-order chi connectivity index (χ1) is 10.2. The van der Waals surface area contributed by atoms with Gasteiger partial charge in [0.2, 0.25) is 5.95 Å². The number of nitrogens with zero attached hydrogens (tertiary/aromatic N) is 3. The first kappa shape index (κ1) is 14.1. The van der Waals surface area contributed by atoms with Crippen LogP contribution < -0.4 is 10.6 Å². The van der Waals surface area contributed by atoms with Crippen LogP contribution >= 0.6 is 0 Å². The summed E-state index contributed by atoms with van der Waals surface area (Å²) >= 11 is 0. The molecule has 0 radical (unpaired) electrons. The molecule has 0 amide bonds. The Balaban J connectivity index is 1.80. The van der Waals surface area contributed by atoms with Gasteiger partial charge in [0.1, 0.15) is 5.82 Å². The molecule has 1 aliphatic heterocycles. The number of anilines is 1. The fourth-order valence-electron chi connectivity index (χ4n) is 2.94. The second-order valence-electron chi connectivity index (χ2n) is 5.89. The Bertz CT molecular complexity index is 579. The van der Waals surface area contributed by atoms with Crippen molar-refractivity contribution >= 4 is 5.95 Å². The van der Waals surface area contributed by atoms with Crippen LogP contribution in [0.25, 0.3) is 0 Å². The molecule has 0 saturated carbocycles. The number of hydrogen-bond donors (Lipinski definition) is 2. The van der Waals surface area contributed by atoms with Crippen molar-refractivity contribution in [3.63, 3.8) is 0 Å². The van der Waals surface area contributed by atoms with Crippen molar-refractivity contribution in [3.8, 4) is 0 Å². The van der Waals surface area contributed by atoms with Gasteiger partial charge in [-0.1, -0.05) is 37.3 Å². The van der Waals surface area contributed by atoms with Crippen molar-refractivity contribution < 1.29 is 0 Å². The molecule has 0 spiro atoms. The van der Waals surface area contributed by atoms with Gasteiger partial charge in [-0.15, -0.1) is 5.10 Å². The number of aromatic nitrogens is 3. The summed E-state index contributed by atoms with van der Waals surface area (Å²) in [4.78, 5) is 6.91. The van der Waals surface area contributed by atoms with Crippen LogP contribution in [0.2, 0.25) is 0 Å². The third-order valence-electron chi connectivity index (χ3n) is 4.51. The SMILES string of the molecule is CC(c1ccccc1)c1nc(N2CCCC(N)C2C)n[nH]1. The average molecular weight is 285 g/mol. The highest BCUT2D eigenvalue weighted by Gasteiger charge is 2.28. The van der Waals surface area contributed by atoms with Crippen LogP contribution in [0.5, 0.6) is 0 Å². The summed E-state index contributed by atoms with van der Waals surface area (Å²) in [6.07, 6.45) is 2.18. The lowest BCUT2D eigenvalue weighted by Gasteiger charge is -2.36. The van der Waals surface area contributed by atoms with Gasteiger partial charge < -0.3 is 10.6 Å². The van der Waals surface area contributed by atoms with Crippen LogP contribution in [-0.4, -0.2) is 33.8 Å². The lowest BCUT2D eigenvalue weighted by atomic mass is 9.99. The van der Waals surface area contributed by atoms with E-state index in [0.717, 1.165) is 31.2 Å². The zero-order valence-electron chi connectivity index (χ0n) is 12.7. The van der Waals surface area contributed by atoms with Crippen molar-refractivity contribution in [1.29, 1.82) is 0 Å². The fraction of sp³-hybridized carbons (Fsp3) is 0.500. The zero-order chi connectivity index (χ0) is 14.8. The van der Waals surface area contributed by atoms with Crippen LogP contribution in [0.4, 0.5) is 5.95 Å². The third-order valence-corrected chi connectivity index (χ3v) is 4.51. The van der Waals surface area contributed by atoms with Gasteiger partial charge in [-0.3, -0.25) is 5.10 Å². The van der Waals surface area contributed by atoms with E-state index in [1.807, 2.05) is 6.07 Å². The monoisotopic (exact) mass is 285 g/mol. The van der Waals surface area contributed by atoms with E-state index in [9.17, 15) is 0 Å². The van der Waals surface area contributed by atoms with Gasteiger partial charge in [0.25, 0.3) is 0 Å². The predicted molar refractivity (Wildman–Crippen MR) is 84.4 cm³/mol. The molecule has 0 aliphatic carbocycles. The summed E-state index contributed by atoms with van der Waals surface area (Å²) in [5.41, 5.74) is 7.40. The molecular formula is C16H23N5. The van der Waals surface area contributed by atoms with Crippen LogP contribution in [0.1, 0.15) is 44.0 Å². The number of piperidine rings is 1. The maximum atomic E-state index is 6.16. The Morgan fingerprint density at radius 1 is 1.33 bits per heavy atom. The Labute approximate surface area is 125 Å². The van der Waals surface area contributed by atoms with Gasteiger partial charge in [0.05, 0.1) is 0 Å². The van der Waals surface area contributed by atoms with E-state index < -0.39 is 0 Å². The number of benzene rings is 1. The Morgan fingerprint density at radius 3 is 2.86 bits per heavy atom. The number of nitrogens with one attached hydrogen (secondary N) is 1. The minimum atomic E-state index is 0.201. The molecule has 5 nitrogen and oxygen atoms in total. The number of H-pyrrole nitrogens is 1. The minimum absolute atomic E-state index is 0.201. The number of aromatic amines is 1. The van der Waals surface area contributed by atoms with Crippen molar-refractivity contribution in [1.82, 2.24) is 15.2 Å². The summed E-state index contributed by atoms with van der Waals surface area (Å²) < 4.78 is 0. The molecular weight excluding hydrogens is 262 g/mol. The van der Waals surface area contributed by atoms with Gasteiger partial charge >= 0.3 is 0 Å². The third kappa shape index (κ3) is 2.78. The predicted octanol–water partition coefficient (Wildman–Crippen LogP) is 2.27. The molecule has 1 saturated heterocycles. The maximum absolute atomic E-state index is 6.16. The molecule has 2 heterocycles. The number of hydrogen-bond acceptors (Lipinski definition) is 4. The molecule has 3 atom stereocenters. The molecule has 3 rings (SSSR count). The van der Waals surface area contributed by atoms with E-state index in [1.54, 1.807) is 0 Å². The standard InChI is InChI=1S/C16H23N5/c1-11(13-7-4-3-5-8-13)15-18-16(20-19-15)21-10-6-9-14(17)12(21)2/h3-5,7-8,11-12,14H,6,9-10,17H2,1-2H3,(H,18,19,20). The molecule has 1 aliphatic rings. The van der Waals surface area contributed by atoms with Crippen LogP contribution in [0, 0.1) is 0 Å². The fourth-order valence-corrected chi connectivity index (χ4v) is 2.94. The molecule has 0 bridgehead atoms. The molecule has 3 N–H and O–H groups in total. The maximum Gasteiger partial charge on any atom is 0.245 e. The first-order valence-corrected chi connectivity index (χ1v) is 7.66. The van der Waals surface area contributed by atoms with Crippen LogP contribution in [0.15, 0.2) is 30.3 Å². The molecule has 1 fully saturated rings. The highest BCUT2D eigenvalue weighted by Crippen LogP contribution is 2.25. The number of nitrogens with two attached hydrogens (primary N) is 1. The van der Waals surface area contributed by atoms with Crippen molar-refractivity contribution in [2.24, 2.45) is 5.73 Å². The van der Waals surface area contributed by atoms with Gasteiger partial charge in [-0.2, -0.15) is 4.98 Å². The topological polar surface area (TPSA) is 70.8 Å². The van der Waals surface area contributed by atoms with E-state index in [2.05, 4.69) is 53.2 Å². The van der Waals surface area contributed by atoms with E-state index in [1.165, 1.54) is 5.56 Å². The van der Waals surface area contributed by atoms with Crippen molar-refractivity contribution in [2.75, 3.05) is 11.4 Å². The lowest BCUT2D eigenvalue weighted by molar-refractivity contribution is 0.416. The average Bonchev–Trinajstić information content (AvgIpc) is 3.00. The highest BCUT2D eigenvalue weighted by atomic mass is 15.4. The zero-order valence-corrected chi connectivity index (χ0v) is 12.7. The van der Waals surface area contributed by atoms with Crippen LogP contribution in [0.3, 0.4) is 0 Å². The smallest absolute Gasteiger partial charge is 0.245 e. The largest absolute Gasteiger partial charge is 0.335 e. The minimum Gasteiger partial charge on any atom is -0.335 e. The molecule has 2 aromatic rings. The molecule has 5 heteroatoms. The molecule has 21 heavy (non-hydrogen) atoms. The van der Waals surface area contributed by atoms with Gasteiger partial charge in [0.15, 0.2) is 0 Å². The Morgan fingerprint density at radius 2 is 2.10 bits per heavy atom. The van der Waals surface area contributed by atoms with Gasteiger partial charge in [-0.25, -0.2) is 0 Å². The van der Waals surface area contributed by atoms with Gasteiger partial charge in [0, 0.05) is 24.5 Å². The highest BCUT2D eigenvalue weighted by molar-refractivity contribution is 5.34. The summed E-state index contributed by atoms with van der Waals surface area (Å²) in [6.45, 7) is 5.28. The normalized spacial score (nSPS) is 24.0. The summed E-state index contributed by atoms with van der Waals surface area (Å²) in [7, 11) is 0. The molecule has 112 valence electrons. The molecule has 3 unspecified atom stereocenters. The van der Waals surface area contributed by atoms with Crippen molar-refractivity contribution in [2.45, 2.75) is 44.7 Å². The first-order valence-electron chi connectivity index (χ1n) is 7.66. The van der Waals surface area contributed by atoms with Crippen molar-refractivity contribution in [3.05, 3.63) is 41.7 Å². The summed E-state index contributed by atoms with van der Waals surface area (Å²) in [5, 5.41) is 7.50. The van der Waals surface area contributed by atoms with E-state index in [-0.39, 0.29) is 18.0 Å². The van der Waals surface area contributed by atoms with Gasteiger partial charge in [-0.05, 0) is 25.3 Å². The van der Waals surface area contributed by atoms with E-state index in [0.29, 0.717) is 0 Å². The van der Waals surface area contributed by atoms with E-state index >= 15 is 0 Å². The summed E-state index contributed by atoms with van der Waals surface area (Å²) in [5.74, 6) is 1.89. The van der Waals surface area contributed by atoms with Crippen LogP contribution in [-0.2, 0) is 0 Å². The quantitative estimate of drug-likeness (QED) is 0.907. The Hall–Kier alpha value is -1.88. The summed E-state index contributed by atoms with van der Waals surface area (Å²) in [6, 6.07) is 10.8. The number of rotatable bonds is 3. The lowest BCUT2D eigenvalue weighted by Crippen LogP contribution is -2.51. The molecule has 1 aromatic heterocycles. The second kappa shape index (κ2) is 5.85. The Kier molecular flexibility index (Phi) is 3.92. The second-order valence-corrected chi connectivity index (χ2v) is 5.89. The van der Waals surface area contributed by atoms with E-state index in [4.69, 9.17) is 10.7 Å². The molecule has 1 aromatic carbocycles.